The van der Waals surface area contributed by atoms with Crippen LogP contribution in [0.4, 0.5) is 5.82 Å². The average molecular weight is 412 g/mol. The molecule has 4 rings (SSSR count). The second-order valence-corrected chi connectivity index (χ2v) is 7.96. The van der Waals surface area contributed by atoms with Crippen LogP contribution in [0.5, 0.6) is 0 Å². The summed E-state index contributed by atoms with van der Waals surface area (Å²) in [7, 11) is 1.61. The van der Waals surface area contributed by atoms with Crippen molar-refractivity contribution >= 4 is 51.7 Å². The van der Waals surface area contributed by atoms with E-state index < -0.39 is 0 Å². The highest BCUT2D eigenvalue weighted by atomic mass is 32.2. The molecule has 1 saturated heterocycles. The predicted molar refractivity (Wildman–Crippen MR) is 113 cm³/mol. The lowest BCUT2D eigenvalue weighted by Gasteiger charge is -2.11. The van der Waals surface area contributed by atoms with Gasteiger partial charge in [-0.1, -0.05) is 30.0 Å². The summed E-state index contributed by atoms with van der Waals surface area (Å²) < 4.78 is 7.26. The van der Waals surface area contributed by atoms with E-state index in [9.17, 15) is 9.59 Å². The third kappa shape index (κ3) is 3.34. The summed E-state index contributed by atoms with van der Waals surface area (Å²) in [5.41, 5.74) is 1.47. The van der Waals surface area contributed by atoms with Crippen LogP contribution in [0.15, 0.2) is 50.8 Å². The van der Waals surface area contributed by atoms with Gasteiger partial charge in [0, 0.05) is 13.2 Å². The minimum Gasteiger partial charge on any atom is -0.467 e. The van der Waals surface area contributed by atoms with Gasteiger partial charge in [-0.3, -0.25) is 18.9 Å². The van der Waals surface area contributed by atoms with Crippen LogP contribution in [0.25, 0.3) is 11.7 Å². The first-order valence-electron chi connectivity index (χ1n) is 8.45. The molecular weight excluding hydrogens is 396 g/mol. The molecule has 0 radical (unpaired) electrons. The number of rotatable bonds is 4. The molecule has 0 bridgehead atoms. The third-order valence-corrected chi connectivity index (χ3v) is 5.76. The van der Waals surface area contributed by atoms with E-state index in [-0.39, 0.29) is 11.5 Å². The van der Waals surface area contributed by atoms with Gasteiger partial charge in [0.15, 0.2) is 0 Å². The van der Waals surface area contributed by atoms with Crippen molar-refractivity contribution in [1.29, 1.82) is 0 Å². The molecule has 1 aliphatic rings. The molecule has 0 aliphatic carbocycles. The summed E-state index contributed by atoms with van der Waals surface area (Å²) >= 11 is 6.34. The molecule has 9 heteroatoms. The van der Waals surface area contributed by atoms with Crippen molar-refractivity contribution in [2.45, 2.75) is 13.5 Å². The van der Waals surface area contributed by atoms with Gasteiger partial charge in [-0.2, -0.15) is 0 Å². The fraction of sp³-hybridized carbons (Fsp3) is 0.158. The molecule has 142 valence electrons. The summed E-state index contributed by atoms with van der Waals surface area (Å²) in [6.07, 6.45) is 4.86. The normalized spacial score (nSPS) is 15.8. The van der Waals surface area contributed by atoms with E-state index in [0.717, 1.165) is 5.56 Å². The molecule has 3 aromatic heterocycles. The lowest BCUT2D eigenvalue weighted by molar-refractivity contribution is -0.121. The smallest absolute Gasteiger partial charge is 0.267 e. The number of carbonyl (C=O) groups excluding carboxylic acids is 1. The van der Waals surface area contributed by atoms with Crippen LogP contribution in [0.1, 0.15) is 16.9 Å². The molecule has 3 aromatic rings. The van der Waals surface area contributed by atoms with Gasteiger partial charge in [0.2, 0.25) is 0 Å². The largest absolute Gasteiger partial charge is 0.467 e. The molecular formula is C19H16N4O3S2. The number of likely N-dealkylation sites (N-methyl/N-ethyl adjacent to an activating group) is 1. The number of thioether (sulfide) groups is 1. The van der Waals surface area contributed by atoms with Crippen molar-refractivity contribution in [3.05, 3.63) is 68.9 Å². The number of aromatic nitrogens is 2. The Morgan fingerprint density at radius 2 is 2.14 bits per heavy atom. The van der Waals surface area contributed by atoms with Crippen LogP contribution in [-0.2, 0) is 11.3 Å². The van der Waals surface area contributed by atoms with Crippen LogP contribution in [0, 0.1) is 6.92 Å². The maximum absolute atomic E-state index is 13.2. The number of aryl methyl sites for hydroxylation is 1. The van der Waals surface area contributed by atoms with Gasteiger partial charge in [-0.25, -0.2) is 4.98 Å². The number of hydrogen-bond acceptors (Lipinski definition) is 7. The Balaban J connectivity index is 1.85. The molecule has 1 amide bonds. The molecule has 0 atom stereocenters. The molecule has 0 aromatic carbocycles. The van der Waals surface area contributed by atoms with Gasteiger partial charge >= 0.3 is 0 Å². The second kappa shape index (κ2) is 7.25. The van der Waals surface area contributed by atoms with Crippen LogP contribution in [0.2, 0.25) is 0 Å². The fourth-order valence-corrected chi connectivity index (χ4v) is 3.95. The molecule has 0 unspecified atom stereocenters. The highest BCUT2D eigenvalue weighted by Crippen LogP contribution is 2.31. The fourth-order valence-electron chi connectivity index (χ4n) is 2.78. The summed E-state index contributed by atoms with van der Waals surface area (Å²) in [5, 5.41) is 3.14. The highest BCUT2D eigenvalue weighted by Gasteiger charge is 2.29. The molecule has 28 heavy (non-hydrogen) atoms. The van der Waals surface area contributed by atoms with Crippen molar-refractivity contribution < 1.29 is 9.21 Å². The van der Waals surface area contributed by atoms with E-state index >= 15 is 0 Å². The van der Waals surface area contributed by atoms with E-state index in [1.807, 2.05) is 19.1 Å². The van der Waals surface area contributed by atoms with Crippen molar-refractivity contribution in [3.63, 3.8) is 0 Å². The van der Waals surface area contributed by atoms with E-state index in [0.29, 0.717) is 38.6 Å². The Kier molecular flexibility index (Phi) is 4.78. The summed E-state index contributed by atoms with van der Waals surface area (Å²) in [6.45, 7) is 2.26. The number of amides is 1. The number of furan rings is 1. The third-order valence-electron chi connectivity index (χ3n) is 4.28. The van der Waals surface area contributed by atoms with Crippen molar-refractivity contribution in [2.24, 2.45) is 0 Å². The zero-order valence-corrected chi connectivity index (χ0v) is 16.8. The SMILES string of the molecule is Cc1ccc2nc(NCc3ccco3)c(C=C3SC(=S)N(C)C3=O)c(=O)n2c1. The molecule has 0 saturated carbocycles. The van der Waals surface area contributed by atoms with Crippen LogP contribution in [-0.4, -0.2) is 31.6 Å². The van der Waals surface area contributed by atoms with E-state index in [1.54, 1.807) is 37.7 Å². The number of nitrogens with zero attached hydrogens (tertiary/aromatic N) is 3. The topological polar surface area (TPSA) is 79.8 Å². The Hall–Kier alpha value is -2.91. The number of carbonyl (C=O) groups is 1. The minimum absolute atomic E-state index is 0.235. The standard InChI is InChI=1S/C19H16N4O3S2/c1-11-5-6-15-21-16(20-9-12-4-3-7-26-12)13(17(24)23(15)10-11)8-14-18(25)22(2)19(27)28-14/h3-8,10,20H,9H2,1-2H3. The van der Waals surface area contributed by atoms with E-state index in [1.165, 1.54) is 21.1 Å². The first kappa shape index (κ1) is 18.5. The Morgan fingerprint density at radius 3 is 2.82 bits per heavy atom. The van der Waals surface area contributed by atoms with Gasteiger partial charge in [0.1, 0.15) is 21.5 Å². The molecule has 1 fully saturated rings. The Bertz CT molecular complexity index is 1180. The zero-order chi connectivity index (χ0) is 19.8. The lowest BCUT2D eigenvalue weighted by Crippen LogP contribution is -2.23. The van der Waals surface area contributed by atoms with Crippen molar-refractivity contribution in [3.8, 4) is 0 Å². The lowest BCUT2D eigenvalue weighted by atomic mass is 10.2. The van der Waals surface area contributed by atoms with Gasteiger partial charge in [-0.05, 0) is 36.8 Å². The maximum Gasteiger partial charge on any atom is 0.267 e. The monoisotopic (exact) mass is 412 g/mol. The molecule has 1 N–H and O–H groups in total. The number of thiocarbonyl (C=S) groups is 1. The van der Waals surface area contributed by atoms with E-state index in [4.69, 9.17) is 16.6 Å². The number of hydrogen-bond donors (Lipinski definition) is 1. The molecule has 0 spiro atoms. The molecule has 7 nitrogen and oxygen atoms in total. The summed E-state index contributed by atoms with van der Waals surface area (Å²) in [4.78, 5) is 31.9. The van der Waals surface area contributed by atoms with Crippen LogP contribution < -0.4 is 10.9 Å². The van der Waals surface area contributed by atoms with Crippen molar-refractivity contribution in [1.82, 2.24) is 14.3 Å². The second-order valence-electron chi connectivity index (χ2n) is 6.29. The Labute approximate surface area is 170 Å². The van der Waals surface area contributed by atoms with Crippen LogP contribution >= 0.6 is 24.0 Å². The van der Waals surface area contributed by atoms with Gasteiger partial charge in [0.05, 0.1) is 23.3 Å². The quantitative estimate of drug-likeness (QED) is 0.521. The number of anilines is 1. The molecule has 1 aliphatic heterocycles. The van der Waals surface area contributed by atoms with E-state index in [2.05, 4.69) is 10.3 Å². The number of pyridine rings is 1. The summed E-state index contributed by atoms with van der Waals surface area (Å²) in [6, 6.07) is 7.28. The predicted octanol–water partition coefficient (Wildman–Crippen LogP) is 3.04. The summed E-state index contributed by atoms with van der Waals surface area (Å²) in [5.74, 6) is 0.851. The first-order chi connectivity index (χ1) is 13.4. The average Bonchev–Trinajstić information content (AvgIpc) is 3.28. The van der Waals surface area contributed by atoms with Gasteiger partial charge in [0.25, 0.3) is 11.5 Å². The highest BCUT2D eigenvalue weighted by molar-refractivity contribution is 8.26. The van der Waals surface area contributed by atoms with Gasteiger partial charge < -0.3 is 9.73 Å². The minimum atomic E-state index is -0.267. The first-order valence-corrected chi connectivity index (χ1v) is 9.67. The van der Waals surface area contributed by atoms with Crippen molar-refractivity contribution in [2.75, 3.05) is 12.4 Å². The number of nitrogens with one attached hydrogen (secondary N) is 1. The van der Waals surface area contributed by atoms with Gasteiger partial charge in [-0.15, -0.1) is 0 Å². The van der Waals surface area contributed by atoms with Crippen LogP contribution in [0.3, 0.4) is 0 Å². The molecule has 4 heterocycles. The maximum atomic E-state index is 13.2. The zero-order valence-electron chi connectivity index (χ0n) is 15.1. The Morgan fingerprint density at radius 1 is 1.32 bits per heavy atom. The number of fused-ring (bicyclic) bond motifs is 1.